The van der Waals surface area contributed by atoms with Gasteiger partial charge in [-0.05, 0) is 59.9 Å². The molecule has 5 rings (SSSR count). The summed E-state index contributed by atoms with van der Waals surface area (Å²) in [7, 11) is -3.48. The molecule has 0 fully saturated rings. The number of carbonyl (C=O) groups excluding carboxylic acids is 1. The number of benzene rings is 3. The molecule has 170 valence electrons. The number of nitrogens with one attached hydrogen (secondary N) is 1. The van der Waals surface area contributed by atoms with Crippen molar-refractivity contribution in [2.24, 2.45) is 0 Å². The maximum atomic E-state index is 12.8. The third kappa shape index (κ3) is 4.46. The summed E-state index contributed by atoms with van der Waals surface area (Å²) in [6.07, 6.45) is 1.73. The van der Waals surface area contributed by atoms with Gasteiger partial charge in [0.05, 0.1) is 11.4 Å². The van der Waals surface area contributed by atoms with E-state index in [1.54, 1.807) is 12.1 Å². The van der Waals surface area contributed by atoms with Gasteiger partial charge < -0.3 is 10.2 Å². The topological polar surface area (TPSA) is 69.7 Å². The minimum absolute atomic E-state index is 0.0739. The van der Waals surface area contributed by atoms with E-state index in [0.29, 0.717) is 12.1 Å². The molecule has 2 aliphatic heterocycles. The summed E-state index contributed by atoms with van der Waals surface area (Å²) in [6.45, 7) is 2.34. The molecule has 1 amide bonds. The Morgan fingerprint density at radius 2 is 1.48 bits per heavy atom. The van der Waals surface area contributed by atoms with Crippen molar-refractivity contribution < 1.29 is 13.2 Å². The molecule has 2 heterocycles. The number of amides is 1. The molecule has 2 aliphatic rings. The van der Waals surface area contributed by atoms with Gasteiger partial charge in [-0.2, -0.15) is 0 Å². The van der Waals surface area contributed by atoms with Crippen LogP contribution in [0.15, 0.2) is 72.8 Å². The van der Waals surface area contributed by atoms with Crippen LogP contribution in [0.3, 0.4) is 0 Å². The number of hydrogen-bond acceptors (Lipinski definition) is 4. The van der Waals surface area contributed by atoms with E-state index in [2.05, 4.69) is 34.5 Å². The number of para-hydroxylation sites is 1. The second kappa shape index (κ2) is 8.90. The average molecular weight is 462 g/mol. The van der Waals surface area contributed by atoms with Crippen LogP contribution < -0.4 is 14.5 Å². The van der Waals surface area contributed by atoms with Crippen molar-refractivity contribution in [2.45, 2.75) is 19.4 Å². The molecule has 0 aromatic heterocycles. The summed E-state index contributed by atoms with van der Waals surface area (Å²) in [5, 5.41) is 2.76. The maximum Gasteiger partial charge on any atom is 0.251 e. The zero-order valence-corrected chi connectivity index (χ0v) is 19.2. The van der Waals surface area contributed by atoms with E-state index in [0.717, 1.165) is 42.9 Å². The van der Waals surface area contributed by atoms with Crippen LogP contribution in [0.2, 0.25) is 0 Å². The Balaban J connectivity index is 1.17. The lowest BCUT2D eigenvalue weighted by molar-refractivity contribution is 0.0956. The predicted molar refractivity (Wildman–Crippen MR) is 131 cm³/mol. The molecule has 6 nitrogen and oxygen atoms in total. The largest absolute Gasteiger partial charge is 0.367 e. The number of rotatable bonds is 6. The minimum Gasteiger partial charge on any atom is -0.367 e. The summed E-state index contributed by atoms with van der Waals surface area (Å²) in [5.41, 5.74) is 6.14. The molecule has 0 bridgehead atoms. The van der Waals surface area contributed by atoms with E-state index in [1.165, 1.54) is 15.4 Å². The van der Waals surface area contributed by atoms with Crippen molar-refractivity contribution in [3.8, 4) is 0 Å². The molecule has 3 aromatic carbocycles. The van der Waals surface area contributed by atoms with Crippen LogP contribution in [0.5, 0.6) is 0 Å². The number of fused-ring (bicyclic) bond motifs is 2. The van der Waals surface area contributed by atoms with E-state index in [-0.39, 0.29) is 18.2 Å². The van der Waals surface area contributed by atoms with Crippen molar-refractivity contribution in [3.63, 3.8) is 0 Å². The first-order chi connectivity index (χ1) is 16.0. The third-order valence-electron chi connectivity index (χ3n) is 6.45. The first-order valence-electron chi connectivity index (χ1n) is 11.3. The number of hydrogen-bond donors (Lipinski definition) is 1. The minimum atomic E-state index is -3.48. The van der Waals surface area contributed by atoms with Gasteiger partial charge in [0.15, 0.2) is 0 Å². The molecule has 3 aromatic rings. The Labute approximate surface area is 194 Å². The van der Waals surface area contributed by atoms with Crippen LogP contribution in [0.1, 0.15) is 27.0 Å². The van der Waals surface area contributed by atoms with Gasteiger partial charge in [0.25, 0.3) is 5.91 Å². The lowest BCUT2D eigenvalue weighted by Crippen LogP contribution is -2.37. The molecular weight excluding hydrogens is 434 g/mol. The molecular formula is C26H27N3O3S. The Bertz CT molecular complexity index is 1270. The highest BCUT2D eigenvalue weighted by Gasteiger charge is 2.28. The molecule has 33 heavy (non-hydrogen) atoms. The zero-order valence-electron chi connectivity index (χ0n) is 18.4. The normalized spacial score (nSPS) is 15.2. The van der Waals surface area contributed by atoms with Gasteiger partial charge in [0, 0.05) is 37.4 Å². The van der Waals surface area contributed by atoms with Crippen LogP contribution >= 0.6 is 0 Å². The smallest absolute Gasteiger partial charge is 0.251 e. The fourth-order valence-electron chi connectivity index (χ4n) is 4.64. The molecule has 7 heteroatoms. The first-order valence-corrected chi connectivity index (χ1v) is 12.9. The van der Waals surface area contributed by atoms with Gasteiger partial charge in [-0.3, -0.25) is 9.10 Å². The molecule has 1 N–H and O–H groups in total. The van der Waals surface area contributed by atoms with E-state index in [4.69, 9.17) is 0 Å². The number of carbonyl (C=O) groups is 1. The van der Waals surface area contributed by atoms with E-state index in [1.807, 2.05) is 36.4 Å². The van der Waals surface area contributed by atoms with Crippen molar-refractivity contribution >= 4 is 27.3 Å². The summed E-state index contributed by atoms with van der Waals surface area (Å²) < 4.78 is 27.0. The zero-order chi connectivity index (χ0) is 22.8. The van der Waals surface area contributed by atoms with Crippen LogP contribution in [0.25, 0.3) is 0 Å². The molecule has 0 saturated heterocycles. The number of sulfonamides is 1. The number of nitrogens with zero attached hydrogens (tertiary/aromatic N) is 2. The van der Waals surface area contributed by atoms with E-state index in [9.17, 15) is 13.2 Å². The maximum absolute atomic E-state index is 12.8. The molecule has 0 aliphatic carbocycles. The summed E-state index contributed by atoms with van der Waals surface area (Å²) >= 11 is 0. The standard InChI is InChI=1S/C26H27N3O3S/c30-26(27-15-18-33(31,32)29-17-14-21-6-3-4-8-25(21)29)22-9-11-24(12-10-22)28-16-13-20-5-1-2-7-23(20)19-28/h1-12H,13-19H2,(H,27,30). The highest BCUT2D eigenvalue weighted by Crippen LogP contribution is 2.30. The van der Waals surface area contributed by atoms with Gasteiger partial charge >= 0.3 is 0 Å². The van der Waals surface area contributed by atoms with Crippen molar-refractivity contribution in [1.29, 1.82) is 0 Å². The molecule has 0 unspecified atom stereocenters. The monoisotopic (exact) mass is 461 g/mol. The Hall–Kier alpha value is -3.32. The van der Waals surface area contributed by atoms with Crippen LogP contribution in [-0.2, 0) is 29.4 Å². The fourth-order valence-corrected chi connectivity index (χ4v) is 6.07. The van der Waals surface area contributed by atoms with Crippen molar-refractivity contribution in [2.75, 3.05) is 34.6 Å². The number of anilines is 2. The summed E-state index contributed by atoms with van der Waals surface area (Å²) in [6, 6.07) is 23.6. The van der Waals surface area contributed by atoms with Crippen molar-refractivity contribution in [3.05, 3.63) is 95.1 Å². The van der Waals surface area contributed by atoms with Gasteiger partial charge in [0.1, 0.15) is 0 Å². The highest BCUT2D eigenvalue weighted by molar-refractivity contribution is 7.92. The molecule has 0 saturated carbocycles. The predicted octanol–water partition coefficient (Wildman–Crippen LogP) is 3.37. The van der Waals surface area contributed by atoms with Crippen molar-refractivity contribution in [1.82, 2.24) is 5.32 Å². The van der Waals surface area contributed by atoms with Gasteiger partial charge in [0.2, 0.25) is 10.0 Å². The van der Waals surface area contributed by atoms with E-state index < -0.39 is 10.0 Å². The molecule has 0 spiro atoms. The highest BCUT2D eigenvalue weighted by atomic mass is 32.2. The molecule has 0 radical (unpaired) electrons. The van der Waals surface area contributed by atoms with E-state index >= 15 is 0 Å². The average Bonchev–Trinajstić information content (AvgIpc) is 3.29. The Morgan fingerprint density at radius 3 is 2.27 bits per heavy atom. The van der Waals surface area contributed by atoms with Gasteiger partial charge in [-0.25, -0.2) is 8.42 Å². The quantitative estimate of drug-likeness (QED) is 0.611. The second-order valence-electron chi connectivity index (χ2n) is 8.51. The SMILES string of the molecule is O=C(NCCS(=O)(=O)N1CCc2ccccc21)c1ccc(N2CCc3ccccc3C2)cc1. The van der Waals surface area contributed by atoms with Crippen LogP contribution in [0.4, 0.5) is 11.4 Å². The lowest BCUT2D eigenvalue weighted by atomic mass is 9.99. The summed E-state index contributed by atoms with van der Waals surface area (Å²) in [5.74, 6) is -0.388. The second-order valence-corrected chi connectivity index (χ2v) is 10.5. The third-order valence-corrected chi connectivity index (χ3v) is 8.22. The Morgan fingerprint density at radius 1 is 0.818 bits per heavy atom. The molecule has 0 atom stereocenters. The Kier molecular flexibility index (Phi) is 5.81. The van der Waals surface area contributed by atoms with Gasteiger partial charge in [-0.1, -0.05) is 42.5 Å². The van der Waals surface area contributed by atoms with Gasteiger partial charge in [-0.15, -0.1) is 0 Å². The summed E-state index contributed by atoms with van der Waals surface area (Å²) in [4.78, 5) is 14.9. The van der Waals surface area contributed by atoms with Crippen LogP contribution in [0, 0.1) is 0 Å². The van der Waals surface area contributed by atoms with Crippen LogP contribution in [-0.4, -0.2) is 39.7 Å². The first kappa shape index (κ1) is 21.5. The fraction of sp³-hybridized carbons (Fsp3) is 0.269. The lowest BCUT2D eigenvalue weighted by Gasteiger charge is -2.30.